The summed E-state index contributed by atoms with van der Waals surface area (Å²) in [5.74, 6) is 1.88. The predicted octanol–water partition coefficient (Wildman–Crippen LogP) is 3.55. The maximum absolute atomic E-state index is 12.3. The van der Waals surface area contributed by atoms with Crippen LogP contribution in [0.5, 0.6) is 5.75 Å². The lowest BCUT2D eigenvalue weighted by molar-refractivity contribution is -0.0110. The SMILES string of the molecule is O=C(Nc1ccc(OCC2CCCCO2)cc1)c1cnc(C2CC2)nc1. The topological polar surface area (TPSA) is 73.3 Å². The molecule has 0 spiro atoms. The standard InChI is InChI=1S/C20H23N3O3/c24-20(15-11-21-19(22-12-15)14-4-5-14)23-16-6-8-17(9-7-16)26-13-18-3-1-2-10-25-18/h6-9,11-12,14,18H,1-5,10,13H2,(H,23,24). The van der Waals surface area contributed by atoms with E-state index in [1.165, 1.54) is 6.42 Å². The number of benzene rings is 1. The molecule has 2 aliphatic rings. The summed E-state index contributed by atoms with van der Waals surface area (Å²) in [6.07, 6.45) is 9.05. The molecule has 1 aliphatic carbocycles. The molecule has 1 aliphatic heterocycles. The molecule has 0 bridgehead atoms. The Balaban J connectivity index is 1.29. The van der Waals surface area contributed by atoms with Gasteiger partial charge in [0, 0.05) is 30.6 Å². The van der Waals surface area contributed by atoms with Crippen LogP contribution in [0.1, 0.15) is 54.2 Å². The maximum Gasteiger partial charge on any atom is 0.258 e. The lowest BCUT2D eigenvalue weighted by Crippen LogP contribution is -2.25. The van der Waals surface area contributed by atoms with Crippen LogP contribution in [0, 0.1) is 0 Å². The van der Waals surface area contributed by atoms with E-state index in [1.807, 2.05) is 24.3 Å². The summed E-state index contributed by atoms with van der Waals surface area (Å²) in [6.45, 7) is 1.39. The van der Waals surface area contributed by atoms with Gasteiger partial charge in [0.15, 0.2) is 0 Å². The molecule has 6 heteroatoms. The van der Waals surface area contributed by atoms with Gasteiger partial charge in [0.1, 0.15) is 18.2 Å². The Kier molecular flexibility index (Phi) is 5.11. The molecular weight excluding hydrogens is 330 g/mol. The number of anilines is 1. The number of aromatic nitrogens is 2. The minimum atomic E-state index is -0.211. The molecule has 1 saturated heterocycles. The summed E-state index contributed by atoms with van der Waals surface area (Å²) in [5, 5.41) is 2.86. The van der Waals surface area contributed by atoms with Crippen LogP contribution < -0.4 is 10.1 Å². The molecule has 136 valence electrons. The Morgan fingerprint density at radius 1 is 1.12 bits per heavy atom. The van der Waals surface area contributed by atoms with Crippen LogP contribution in [0.25, 0.3) is 0 Å². The molecule has 2 heterocycles. The molecule has 1 amide bonds. The van der Waals surface area contributed by atoms with Crippen LogP contribution >= 0.6 is 0 Å². The lowest BCUT2D eigenvalue weighted by atomic mass is 10.1. The van der Waals surface area contributed by atoms with E-state index in [9.17, 15) is 4.79 Å². The van der Waals surface area contributed by atoms with E-state index in [-0.39, 0.29) is 12.0 Å². The second-order valence-corrected chi connectivity index (χ2v) is 6.88. The van der Waals surface area contributed by atoms with Gasteiger partial charge in [-0.05, 0) is 56.4 Å². The Morgan fingerprint density at radius 3 is 2.54 bits per heavy atom. The van der Waals surface area contributed by atoms with Crippen molar-refractivity contribution < 1.29 is 14.3 Å². The summed E-state index contributed by atoms with van der Waals surface area (Å²) < 4.78 is 11.4. The first-order valence-electron chi connectivity index (χ1n) is 9.26. The van der Waals surface area contributed by atoms with Crippen molar-refractivity contribution in [2.75, 3.05) is 18.5 Å². The third kappa shape index (κ3) is 4.38. The number of ether oxygens (including phenoxy) is 2. The third-order valence-electron chi connectivity index (χ3n) is 4.70. The van der Waals surface area contributed by atoms with E-state index in [0.29, 0.717) is 23.8 Å². The van der Waals surface area contributed by atoms with Gasteiger partial charge in [0.05, 0.1) is 11.7 Å². The number of carbonyl (C=O) groups is 1. The monoisotopic (exact) mass is 353 g/mol. The van der Waals surface area contributed by atoms with Crippen molar-refractivity contribution in [2.24, 2.45) is 0 Å². The van der Waals surface area contributed by atoms with Crippen LogP contribution in [-0.2, 0) is 4.74 Å². The van der Waals surface area contributed by atoms with E-state index in [1.54, 1.807) is 12.4 Å². The zero-order chi connectivity index (χ0) is 17.8. The number of amides is 1. The van der Waals surface area contributed by atoms with Crippen LogP contribution in [0.3, 0.4) is 0 Å². The molecule has 2 fully saturated rings. The molecule has 1 aromatic carbocycles. The number of rotatable bonds is 6. The minimum Gasteiger partial charge on any atom is -0.491 e. The van der Waals surface area contributed by atoms with Crippen molar-refractivity contribution in [1.29, 1.82) is 0 Å². The molecule has 1 atom stereocenters. The molecule has 1 saturated carbocycles. The van der Waals surface area contributed by atoms with Gasteiger partial charge >= 0.3 is 0 Å². The van der Waals surface area contributed by atoms with E-state index in [2.05, 4.69) is 15.3 Å². The van der Waals surface area contributed by atoms with Gasteiger partial charge in [-0.15, -0.1) is 0 Å². The Bertz CT molecular complexity index is 736. The summed E-state index contributed by atoms with van der Waals surface area (Å²) >= 11 is 0. The molecule has 26 heavy (non-hydrogen) atoms. The molecule has 1 N–H and O–H groups in total. The third-order valence-corrected chi connectivity index (χ3v) is 4.70. The van der Waals surface area contributed by atoms with Crippen LogP contribution in [0.15, 0.2) is 36.7 Å². The number of nitrogens with one attached hydrogen (secondary N) is 1. The first kappa shape index (κ1) is 17.0. The molecule has 1 aromatic heterocycles. The minimum absolute atomic E-state index is 0.182. The van der Waals surface area contributed by atoms with Gasteiger partial charge in [-0.2, -0.15) is 0 Å². The molecular formula is C20H23N3O3. The highest BCUT2D eigenvalue weighted by Gasteiger charge is 2.26. The molecule has 4 rings (SSSR count). The largest absolute Gasteiger partial charge is 0.491 e. The van der Waals surface area contributed by atoms with Gasteiger partial charge in [-0.25, -0.2) is 9.97 Å². The fourth-order valence-corrected chi connectivity index (χ4v) is 2.97. The van der Waals surface area contributed by atoms with Crippen molar-refractivity contribution in [3.63, 3.8) is 0 Å². The summed E-state index contributed by atoms with van der Waals surface area (Å²) in [4.78, 5) is 20.9. The van der Waals surface area contributed by atoms with Crippen LogP contribution in [-0.4, -0.2) is 35.2 Å². The second-order valence-electron chi connectivity index (χ2n) is 6.88. The summed E-state index contributed by atoms with van der Waals surface area (Å²) in [7, 11) is 0. The van der Waals surface area contributed by atoms with Gasteiger partial charge < -0.3 is 14.8 Å². The molecule has 1 unspecified atom stereocenters. The first-order chi connectivity index (χ1) is 12.8. The van der Waals surface area contributed by atoms with Gasteiger partial charge in [0.25, 0.3) is 5.91 Å². The normalized spacial score (nSPS) is 19.8. The zero-order valence-corrected chi connectivity index (χ0v) is 14.7. The summed E-state index contributed by atoms with van der Waals surface area (Å²) in [5.41, 5.74) is 1.17. The van der Waals surface area contributed by atoms with Crippen molar-refractivity contribution in [1.82, 2.24) is 9.97 Å². The highest BCUT2D eigenvalue weighted by atomic mass is 16.5. The lowest BCUT2D eigenvalue weighted by Gasteiger charge is -2.22. The first-order valence-corrected chi connectivity index (χ1v) is 9.26. The van der Waals surface area contributed by atoms with Crippen molar-refractivity contribution in [3.8, 4) is 5.75 Å². The Hall–Kier alpha value is -2.47. The van der Waals surface area contributed by atoms with Gasteiger partial charge in [0.2, 0.25) is 0 Å². The molecule has 2 aromatic rings. The maximum atomic E-state index is 12.3. The molecule has 0 radical (unpaired) electrons. The number of nitrogens with zero attached hydrogens (tertiary/aromatic N) is 2. The summed E-state index contributed by atoms with van der Waals surface area (Å²) in [6, 6.07) is 7.36. The molecule has 6 nitrogen and oxygen atoms in total. The number of hydrogen-bond donors (Lipinski definition) is 1. The number of carbonyl (C=O) groups excluding carboxylic acids is 1. The number of hydrogen-bond acceptors (Lipinski definition) is 5. The quantitative estimate of drug-likeness (QED) is 0.860. The van der Waals surface area contributed by atoms with Crippen molar-refractivity contribution in [2.45, 2.75) is 44.1 Å². The average Bonchev–Trinajstić information content (AvgIpc) is 3.54. The Morgan fingerprint density at radius 2 is 1.88 bits per heavy atom. The zero-order valence-electron chi connectivity index (χ0n) is 14.7. The highest BCUT2D eigenvalue weighted by Crippen LogP contribution is 2.37. The van der Waals surface area contributed by atoms with E-state index < -0.39 is 0 Å². The van der Waals surface area contributed by atoms with Gasteiger partial charge in [-0.1, -0.05) is 0 Å². The smallest absolute Gasteiger partial charge is 0.258 e. The highest BCUT2D eigenvalue weighted by molar-refractivity contribution is 6.03. The predicted molar refractivity (Wildman–Crippen MR) is 97.5 cm³/mol. The average molecular weight is 353 g/mol. The fourth-order valence-electron chi connectivity index (χ4n) is 2.97. The van der Waals surface area contributed by atoms with Crippen molar-refractivity contribution >= 4 is 11.6 Å². The van der Waals surface area contributed by atoms with E-state index >= 15 is 0 Å². The second kappa shape index (κ2) is 7.83. The van der Waals surface area contributed by atoms with Crippen molar-refractivity contribution in [3.05, 3.63) is 48.0 Å². The van der Waals surface area contributed by atoms with E-state index in [0.717, 1.165) is 43.9 Å². The van der Waals surface area contributed by atoms with Crippen LogP contribution in [0.4, 0.5) is 5.69 Å². The van der Waals surface area contributed by atoms with Crippen LogP contribution in [0.2, 0.25) is 0 Å². The van der Waals surface area contributed by atoms with E-state index in [4.69, 9.17) is 9.47 Å². The fraction of sp³-hybridized carbons (Fsp3) is 0.450. The Labute approximate surface area is 153 Å². The van der Waals surface area contributed by atoms with Gasteiger partial charge in [-0.3, -0.25) is 4.79 Å².